The normalized spacial score (nSPS) is 30.0. The van der Waals surface area contributed by atoms with Crippen molar-refractivity contribution in [1.82, 2.24) is 5.32 Å². The van der Waals surface area contributed by atoms with Crippen LogP contribution in [-0.2, 0) is 0 Å². The largest absolute Gasteiger partial charge is 0.489 e. The van der Waals surface area contributed by atoms with Gasteiger partial charge in [-0.2, -0.15) is 0 Å². The van der Waals surface area contributed by atoms with Crippen molar-refractivity contribution in [3.05, 3.63) is 28.8 Å². The number of hydrogen-bond donors (Lipinski definition) is 1. The summed E-state index contributed by atoms with van der Waals surface area (Å²) in [6.07, 6.45) is 2.58. The van der Waals surface area contributed by atoms with Gasteiger partial charge >= 0.3 is 0 Å². The predicted octanol–water partition coefficient (Wildman–Crippen LogP) is 3.77. The molecule has 0 amide bonds. The fourth-order valence-corrected chi connectivity index (χ4v) is 3.17. The smallest absolute Gasteiger partial charge is 0.125 e. The lowest BCUT2D eigenvalue weighted by molar-refractivity contribution is -0.0683. The summed E-state index contributed by atoms with van der Waals surface area (Å²) in [5, 5.41) is 3.42. The van der Waals surface area contributed by atoms with E-state index >= 15 is 0 Å². The van der Waals surface area contributed by atoms with Crippen molar-refractivity contribution in [1.29, 1.82) is 0 Å². The third-order valence-electron chi connectivity index (χ3n) is 5.23. The summed E-state index contributed by atoms with van der Waals surface area (Å²) in [4.78, 5) is 0. The number of benzene rings is 1. The molecule has 0 aliphatic heterocycles. The van der Waals surface area contributed by atoms with Crippen LogP contribution in [0.15, 0.2) is 12.1 Å². The Morgan fingerprint density at radius 1 is 1.26 bits per heavy atom. The summed E-state index contributed by atoms with van der Waals surface area (Å²) in [6.45, 7) is 11.0. The topological polar surface area (TPSA) is 21.3 Å². The Bertz CT molecular complexity index is 469. The van der Waals surface area contributed by atoms with Gasteiger partial charge < -0.3 is 10.1 Å². The maximum Gasteiger partial charge on any atom is 0.125 e. The summed E-state index contributed by atoms with van der Waals surface area (Å²) in [7, 11) is 2.05. The molecule has 3 atom stereocenters. The SMILES string of the molecule is CCC1(C)C(NC)CC1Oc1c(C)ccc(C)c1C. The Morgan fingerprint density at radius 2 is 1.89 bits per heavy atom. The summed E-state index contributed by atoms with van der Waals surface area (Å²) in [5.74, 6) is 1.10. The molecule has 2 nitrogen and oxygen atoms in total. The fourth-order valence-electron chi connectivity index (χ4n) is 3.17. The Morgan fingerprint density at radius 3 is 2.47 bits per heavy atom. The molecule has 0 aromatic heterocycles. The predicted molar refractivity (Wildman–Crippen MR) is 80.9 cm³/mol. The van der Waals surface area contributed by atoms with Crippen LogP contribution in [0.2, 0.25) is 0 Å². The van der Waals surface area contributed by atoms with Crippen molar-refractivity contribution < 1.29 is 4.74 Å². The molecule has 1 fully saturated rings. The minimum absolute atomic E-state index is 0.247. The second-order valence-electron chi connectivity index (χ2n) is 6.20. The lowest BCUT2D eigenvalue weighted by atomic mass is 9.61. The van der Waals surface area contributed by atoms with E-state index in [9.17, 15) is 0 Å². The van der Waals surface area contributed by atoms with Crippen molar-refractivity contribution in [2.45, 2.75) is 59.6 Å². The summed E-state index contributed by atoms with van der Waals surface area (Å²) < 4.78 is 6.39. The molecule has 106 valence electrons. The highest BCUT2D eigenvalue weighted by atomic mass is 16.5. The van der Waals surface area contributed by atoms with Gasteiger partial charge in [-0.3, -0.25) is 0 Å². The zero-order valence-corrected chi connectivity index (χ0v) is 13.1. The van der Waals surface area contributed by atoms with E-state index in [-0.39, 0.29) is 5.41 Å². The zero-order valence-electron chi connectivity index (χ0n) is 13.1. The average molecular weight is 261 g/mol. The van der Waals surface area contributed by atoms with Gasteiger partial charge in [-0.1, -0.05) is 26.0 Å². The van der Waals surface area contributed by atoms with E-state index < -0.39 is 0 Å². The van der Waals surface area contributed by atoms with Gasteiger partial charge in [0.05, 0.1) is 0 Å². The highest BCUT2D eigenvalue weighted by molar-refractivity contribution is 5.45. The van der Waals surface area contributed by atoms with Crippen LogP contribution in [0.3, 0.4) is 0 Å². The number of ether oxygens (including phenoxy) is 1. The molecule has 3 unspecified atom stereocenters. The van der Waals surface area contributed by atoms with Crippen molar-refractivity contribution in [3.63, 3.8) is 0 Å². The van der Waals surface area contributed by atoms with Crippen LogP contribution in [0.1, 0.15) is 43.4 Å². The minimum Gasteiger partial charge on any atom is -0.489 e. The molecular formula is C17H27NO. The Labute approximate surface area is 117 Å². The summed E-state index contributed by atoms with van der Waals surface area (Å²) in [5.41, 5.74) is 4.08. The van der Waals surface area contributed by atoms with Gasteiger partial charge in [0.1, 0.15) is 11.9 Å². The molecular weight excluding hydrogens is 234 g/mol. The quantitative estimate of drug-likeness (QED) is 0.891. The summed E-state index contributed by atoms with van der Waals surface area (Å²) in [6, 6.07) is 4.91. The van der Waals surface area contributed by atoms with E-state index in [1.54, 1.807) is 0 Å². The number of nitrogens with one attached hydrogen (secondary N) is 1. The van der Waals surface area contributed by atoms with Crippen LogP contribution in [-0.4, -0.2) is 19.2 Å². The maximum absolute atomic E-state index is 6.39. The molecule has 1 aliphatic rings. The van der Waals surface area contributed by atoms with E-state index in [0.29, 0.717) is 12.1 Å². The molecule has 0 spiro atoms. The fraction of sp³-hybridized carbons (Fsp3) is 0.647. The van der Waals surface area contributed by atoms with E-state index in [1.165, 1.54) is 16.7 Å². The summed E-state index contributed by atoms with van der Waals surface area (Å²) >= 11 is 0. The molecule has 1 aromatic carbocycles. The molecule has 0 saturated heterocycles. The van der Waals surface area contributed by atoms with Gasteiger partial charge in [-0.15, -0.1) is 0 Å². The molecule has 1 N–H and O–H groups in total. The molecule has 1 saturated carbocycles. The molecule has 0 bridgehead atoms. The zero-order chi connectivity index (χ0) is 14.2. The van der Waals surface area contributed by atoms with E-state index in [2.05, 4.69) is 59.1 Å². The van der Waals surface area contributed by atoms with Crippen molar-refractivity contribution in [2.24, 2.45) is 5.41 Å². The van der Waals surface area contributed by atoms with Crippen molar-refractivity contribution in [3.8, 4) is 5.75 Å². The Hall–Kier alpha value is -1.02. The molecule has 2 heteroatoms. The highest BCUT2D eigenvalue weighted by Crippen LogP contribution is 2.46. The lowest BCUT2D eigenvalue weighted by Gasteiger charge is -2.53. The second-order valence-corrected chi connectivity index (χ2v) is 6.20. The van der Waals surface area contributed by atoms with Crippen LogP contribution < -0.4 is 10.1 Å². The van der Waals surface area contributed by atoms with Crippen LogP contribution in [0, 0.1) is 26.2 Å². The third kappa shape index (κ3) is 2.27. The van der Waals surface area contributed by atoms with Gasteiger partial charge in [0.2, 0.25) is 0 Å². The molecule has 2 rings (SSSR count). The molecule has 1 aromatic rings. The first kappa shape index (κ1) is 14.4. The number of aryl methyl sites for hydroxylation is 2. The Balaban J connectivity index is 2.22. The van der Waals surface area contributed by atoms with Gasteiger partial charge in [-0.25, -0.2) is 0 Å². The van der Waals surface area contributed by atoms with E-state index in [4.69, 9.17) is 4.74 Å². The first-order valence-corrected chi connectivity index (χ1v) is 7.34. The number of hydrogen-bond acceptors (Lipinski definition) is 2. The van der Waals surface area contributed by atoms with Gasteiger partial charge in [0, 0.05) is 17.9 Å². The molecule has 19 heavy (non-hydrogen) atoms. The first-order valence-electron chi connectivity index (χ1n) is 7.34. The second kappa shape index (κ2) is 5.16. The first-order chi connectivity index (χ1) is 8.93. The molecule has 1 aliphatic carbocycles. The minimum atomic E-state index is 0.247. The average Bonchev–Trinajstić information content (AvgIpc) is 2.40. The lowest BCUT2D eigenvalue weighted by Crippen LogP contribution is -2.62. The van der Waals surface area contributed by atoms with Crippen LogP contribution in [0.25, 0.3) is 0 Å². The van der Waals surface area contributed by atoms with Gasteiger partial charge in [0.25, 0.3) is 0 Å². The molecule has 0 radical (unpaired) electrons. The Kier molecular flexibility index (Phi) is 3.91. The number of rotatable bonds is 4. The monoisotopic (exact) mass is 261 g/mol. The van der Waals surface area contributed by atoms with Crippen LogP contribution >= 0.6 is 0 Å². The van der Waals surface area contributed by atoms with Gasteiger partial charge in [0.15, 0.2) is 0 Å². The van der Waals surface area contributed by atoms with Crippen molar-refractivity contribution in [2.75, 3.05) is 7.05 Å². The molecule has 0 heterocycles. The maximum atomic E-state index is 6.39. The standard InChI is InChI=1S/C17H27NO/c1-7-17(5)14(18-6)10-15(17)19-16-12(3)9-8-11(2)13(16)4/h8-9,14-15,18H,7,10H2,1-6H3. The van der Waals surface area contributed by atoms with Gasteiger partial charge in [-0.05, 0) is 50.9 Å². The third-order valence-corrected chi connectivity index (χ3v) is 5.23. The van der Waals surface area contributed by atoms with E-state index in [0.717, 1.165) is 18.6 Å². The van der Waals surface area contributed by atoms with E-state index in [1.807, 2.05) is 0 Å². The highest BCUT2D eigenvalue weighted by Gasteiger charge is 2.51. The van der Waals surface area contributed by atoms with Crippen LogP contribution in [0.4, 0.5) is 0 Å². The van der Waals surface area contributed by atoms with Crippen molar-refractivity contribution >= 4 is 0 Å². The van der Waals surface area contributed by atoms with Crippen LogP contribution in [0.5, 0.6) is 5.75 Å².